The van der Waals surface area contributed by atoms with Crippen molar-refractivity contribution in [2.75, 3.05) is 27.8 Å². The Morgan fingerprint density at radius 1 is 1.07 bits per heavy atom. The van der Waals surface area contributed by atoms with Crippen molar-refractivity contribution in [1.29, 1.82) is 0 Å². The molecular formula is C22H27N3O4. The van der Waals surface area contributed by atoms with E-state index in [0.717, 1.165) is 17.5 Å². The summed E-state index contributed by atoms with van der Waals surface area (Å²) in [6.07, 6.45) is 4.87. The molecule has 0 spiro atoms. The number of carbonyl (C=O) groups excluding carboxylic acids is 2. The normalized spacial score (nSPS) is 17.3. The number of methoxy groups -OCH3 is 2. The van der Waals surface area contributed by atoms with Crippen molar-refractivity contribution < 1.29 is 19.1 Å². The predicted molar refractivity (Wildman–Crippen MR) is 109 cm³/mol. The number of nitrogens with zero attached hydrogens (tertiary/aromatic N) is 2. The van der Waals surface area contributed by atoms with Crippen molar-refractivity contribution in [3.63, 3.8) is 0 Å². The average molecular weight is 397 g/mol. The fraction of sp³-hybridized carbons (Fsp3) is 0.409. The van der Waals surface area contributed by atoms with E-state index in [2.05, 4.69) is 10.3 Å². The summed E-state index contributed by atoms with van der Waals surface area (Å²) < 4.78 is 10.5. The summed E-state index contributed by atoms with van der Waals surface area (Å²) >= 11 is 0. The highest BCUT2D eigenvalue weighted by atomic mass is 16.5. The van der Waals surface area contributed by atoms with Crippen LogP contribution in [-0.4, -0.2) is 49.5 Å². The topological polar surface area (TPSA) is 80.8 Å². The number of hydrogen-bond donors (Lipinski definition) is 1. The van der Waals surface area contributed by atoms with Gasteiger partial charge in [-0.15, -0.1) is 0 Å². The van der Waals surface area contributed by atoms with Crippen LogP contribution in [0.25, 0.3) is 0 Å². The van der Waals surface area contributed by atoms with Gasteiger partial charge in [0.1, 0.15) is 0 Å². The van der Waals surface area contributed by atoms with Crippen molar-refractivity contribution in [2.45, 2.75) is 19.4 Å². The average Bonchev–Trinajstić information content (AvgIpc) is 3.56. The van der Waals surface area contributed by atoms with Gasteiger partial charge in [0, 0.05) is 32.5 Å². The van der Waals surface area contributed by atoms with Gasteiger partial charge >= 0.3 is 0 Å². The van der Waals surface area contributed by atoms with Crippen molar-refractivity contribution in [3.8, 4) is 11.5 Å². The number of rotatable bonds is 9. The van der Waals surface area contributed by atoms with Gasteiger partial charge in [-0.05, 0) is 48.2 Å². The minimum Gasteiger partial charge on any atom is -0.493 e. The van der Waals surface area contributed by atoms with Crippen LogP contribution in [0.4, 0.5) is 0 Å². The molecule has 2 amide bonds. The standard InChI is InChI=1S/C22H27N3O4/c1-25(11-8-15-6-9-23-10-7-15)22(27)18-13-17(18)21(26)24-14-16-4-5-19(28-2)20(12-16)29-3/h4-7,9-10,12,17-18H,8,11,13-14H2,1-3H3,(H,24,26). The Morgan fingerprint density at radius 2 is 1.79 bits per heavy atom. The maximum absolute atomic E-state index is 12.6. The Bertz CT molecular complexity index is 856. The van der Waals surface area contributed by atoms with Gasteiger partial charge in [0.15, 0.2) is 11.5 Å². The zero-order valence-electron chi connectivity index (χ0n) is 17.1. The molecule has 1 saturated carbocycles. The molecule has 2 atom stereocenters. The number of carbonyl (C=O) groups is 2. The summed E-state index contributed by atoms with van der Waals surface area (Å²) in [5.74, 6) is 0.750. The highest BCUT2D eigenvalue weighted by Gasteiger charge is 2.48. The fourth-order valence-electron chi connectivity index (χ4n) is 3.31. The molecule has 1 aliphatic carbocycles. The summed E-state index contributed by atoms with van der Waals surface area (Å²) in [5.41, 5.74) is 2.05. The second-order valence-corrected chi connectivity index (χ2v) is 7.22. The fourth-order valence-corrected chi connectivity index (χ4v) is 3.31. The van der Waals surface area contributed by atoms with Gasteiger partial charge in [0.25, 0.3) is 0 Å². The van der Waals surface area contributed by atoms with Crippen molar-refractivity contribution in [3.05, 3.63) is 53.9 Å². The molecule has 29 heavy (non-hydrogen) atoms. The molecule has 0 aliphatic heterocycles. The number of benzene rings is 1. The molecule has 154 valence electrons. The first-order valence-corrected chi connectivity index (χ1v) is 9.66. The first kappa shape index (κ1) is 20.6. The Kier molecular flexibility index (Phi) is 6.69. The van der Waals surface area contributed by atoms with Crippen LogP contribution >= 0.6 is 0 Å². The summed E-state index contributed by atoms with van der Waals surface area (Å²) in [7, 11) is 4.95. The SMILES string of the molecule is COc1ccc(CNC(=O)C2CC2C(=O)N(C)CCc2ccncc2)cc1OC. The minimum absolute atomic E-state index is 0.0327. The van der Waals surface area contributed by atoms with Crippen LogP contribution in [0.1, 0.15) is 17.5 Å². The van der Waals surface area contributed by atoms with Gasteiger partial charge in [-0.2, -0.15) is 0 Å². The van der Waals surface area contributed by atoms with Crippen LogP contribution < -0.4 is 14.8 Å². The quantitative estimate of drug-likeness (QED) is 0.701. The smallest absolute Gasteiger partial charge is 0.226 e. The van der Waals surface area contributed by atoms with E-state index < -0.39 is 0 Å². The number of likely N-dealkylation sites (N-methyl/N-ethyl adjacent to an activating group) is 1. The molecule has 0 radical (unpaired) electrons. The lowest BCUT2D eigenvalue weighted by molar-refractivity contribution is -0.133. The third-order valence-corrected chi connectivity index (χ3v) is 5.22. The van der Waals surface area contributed by atoms with Crippen molar-refractivity contribution >= 4 is 11.8 Å². The highest BCUT2D eigenvalue weighted by Crippen LogP contribution is 2.40. The first-order chi connectivity index (χ1) is 14.0. The zero-order valence-corrected chi connectivity index (χ0v) is 17.1. The van der Waals surface area contributed by atoms with Gasteiger partial charge in [0.2, 0.25) is 11.8 Å². The van der Waals surface area contributed by atoms with Gasteiger partial charge < -0.3 is 19.7 Å². The third kappa shape index (κ3) is 5.25. The molecule has 2 unspecified atom stereocenters. The van der Waals surface area contributed by atoms with E-state index >= 15 is 0 Å². The second kappa shape index (κ2) is 9.41. The lowest BCUT2D eigenvalue weighted by atomic mass is 10.2. The number of nitrogens with one attached hydrogen (secondary N) is 1. The summed E-state index contributed by atoms with van der Waals surface area (Å²) in [6.45, 7) is 1.01. The number of pyridine rings is 1. The van der Waals surface area contributed by atoms with E-state index in [1.165, 1.54) is 0 Å². The largest absolute Gasteiger partial charge is 0.493 e. The van der Waals surface area contributed by atoms with Crippen LogP contribution in [0.2, 0.25) is 0 Å². The molecule has 1 N–H and O–H groups in total. The van der Waals surface area contributed by atoms with Gasteiger partial charge in [0.05, 0.1) is 26.1 Å². The molecule has 2 aromatic rings. The lowest BCUT2D eigenvalue weighted by Crippen LogP contribution is -2.32. The van der Waals surface area contributed by atoms with E-state index in [0.29, 0.717) is 31.0 Å². The number of ether oxygens (including phenoxy) is 2. The summed E-state index contributed by atoms with van der Waals surface area (Å²) in [5, 5.41) is 2.92. The molecule has 1 fully saturated rings. The van der Waals surface area contributed by atoms with Crippen LogP contribution in [0.15, 0.2) is 42.7 Å². The van der Waals surface area contributed by atoms with E-state index in [9.17, 15) is 9.59 Å². The highest BCUT2D eigenvalue weighted by molar-refractivity contribution is 5.92. The Labute approximate surface area is 171 Å². The monoisotopic (exact) mass is 397 g/mol. The lowest BCUT2D eigenvalue weighted by Gasteiger charge is -2.17. The number of amides is 2. The van der Waals surface area contributed by atoms with Gasteiger partial charge in [-0.25, -0.2) is 0 Å². The van der Waals surface area contributed by atoms with Gasteiger partial charge in [-0.1, -0.05) is 6.07 Å². The molecule has 1 aromatic carbocycles. The number of hydrogen-bond acceptors (Lipinski definition) is 5. The Morgan fingerprint density at radius 3 is 2.48 bits per heavy atom. The molecule has 7 nitrogen and oxygen atoms in total. The Hall–Kier alpha value is -3.09. The van der Waals surface area contributed by atoms with Crippen LogP contribution in [-0.2, 0) is 22.6 Å². The van der Waals surface area contributed by atoms with E-state index in [1.54, 1.807) is 38.6 Å². The first-order valence-electron chi connectivity index (χ1n) is 9.66. The molecule has 3 rings (SSSR count). The maximum Gasteiger partial charge on any atom is 0.226 e. The Balaban J connectivity index is 1.45. The van der Waals surface area contributed by atoms with Crippen LogP contribution in [0.5, 0.6) is 11.5 Å². The molecule has 7 heteroatoms. The molecule has 0 bridgehead atoms. The molecule has 1 aliphatic rings. The van der Waals surface area contributed by atoms with Crippen molar-refractivity contribution in [1.82, 2.24) is 15.2 Å². The molecule has 1 heterocycles. The zero-order chi connectivity index (χ0) is 20.8. The van der Waals surface area contributed by atoms with Crippen LogP contribution in [0, 0.1) is 11.8 Å². The number of aromatic nitrogens is 1. The predicted octanol–water partition coefficient (Wildman–Crippen LogP) is 2.05. The summed E-state index contributed by atoms with van der Waals surface area (Å²) in [4.78, 5) is 30.7. The summed E-state index contributed by atoms with van der Waals surface area (Å²) in [6, 6.07) is 9.41. The molecular weight excluding hydrogens is 370 g/mol. The molecule has 0 saturated heterocycles. The molecule has 1 aromatic heterocycles. The van der Waals surface area contributed by atoms with Gasteiger partial charge in [-0.3, -0.25) is 14.6 Å². The van der Waals surface area contributed by atoms with E-state index in [4.69, 9.17) is 9.47 Å². The van der Waals surface area contributed by atoms with E-state index in [-0.39, 0.29) is 23.7 Å². The maximum atomic E-state index is 12.6. The second-order valence-electron chi connectivity index (χ2n) is 7.22. The van der Waals surface area contributed by atoms with E-state index in [1.807, 2.05) is 30.3 Å². The third-order valence-electron chi connectivity index (χ3n) is 5.22. The van der Waals surface area contributed by atoms with Crippen LogP contribution in [0.3, 0.4) is 0 Å². The van der Waals surface area contributed by atoms with Crippen molar-refractivity contribution in [2.24, 2.45) is 11.8 Å². The minimum atomic E-state index is -0.244.